The van der Waals surface area contributed by atoms with Crippen LogP contribution in [-0.2, 0) is 14.3 Å². The fraction of sp³-hybridized carbons (Fsp3) is 0.381. The zero-order chi connectivity index (χ0) is 21.4. The van der Waals surface area contributed by atoms with Crippen LogP contribution in [0.5, 0.6) is 5.75 Å². The van der Waals surface area contributed by atoms with Crippen molar-refractivity contribution < 1.29 is 28.3 Å². The van der Waals surface area contributed by atoms with E-state index in [0.717, 1.165) is 0 Å². The summed E-state index contributed by atoms with van der Waals surface area (Å²) in [4.78, 5) is 37.0. The Hall–Kier alpha value is -3.29. The molecule has 1 aromatic heterocycles. The number of benzene rings is 1. The summed E-state index contributed by atoms with van der Waals surface area (Å²) in [6, 6.07) is 8.99. The molecule has 0 fully saturated rings. The highest BCUT2D eigenvalue weighted by Gasteiger charge is 2.29. The van der Waals surface area contributed by atoms with Gasteiger partial charge in [-0.05, 0) is 56.2 Å². The molecular formula is C21H26N2O6. The number of anilines is 1. The maximum Gasteiger partial charge on any atom is 0.329 e. The molecule has 2 aromatic rings. The zero-order valence-corrected chi connectivity index (χ0v) is 16.9. The van der Waals surface area contributed by atoms with Crippen molar-refractivity contribution in [3.63, 3.8) is 0 Å². The van der Waals surface area contributed by atoms with E-state index in [1.807, 2.05) is 6.92 Å². The number of hydrogen-bond donors (Lipinski definition) is 2. The highest BCUT2D eigenvalue weighted by molar-refractivity contribution is 5.97. The summed E-state index contributed by atoms with van der Waals surface area (Å²) in [5.41, 5.74) is 0.549. The zero-order valence-electron chi connectivity index (χ0n) is 16.9. The molecule has 0 unspecified atom stereocenters. The molecule has 156 valence electrons. The van der Waals surface area contributed by atoms with E-state index < -0.39 is 29.9 Å². The molecule has 0 bridgehead atoms. The van der Waals surface area contributed by atoms with Crippen LogP contribution in [0, 0.1) is 5.92 Å². The molecule has 2 atom stereocenters. The molecule has 0 aliphatic carbocycles. The molecule has 2 N–H and O–H groups in total. The van der Waals surface area contributed by atoms with Crippen molar-refractivity contribution in [1.29, 1.82) is 0 Å². The number of rotatable bonds is 9. The predicted octanol–water partition coefficient (Wildman–Crippen LogP) is 3.00. The van der Waals surface area contributed by atoms with Crippen LogP contribution < -0.4 is 15.4 Å². The van der Waals surface area contributed by atoms with Crippen LogP contribution in [0.1, 0.15) is 38.2 Å². The number of furan rings is 1. The van der Waals surface area contributed by atoms with E-state index in [2.05, 4.69) is 10.6 Å². The largest absolute Gasteiger partial charge is 0.494 e. The van der Waals surface area contributed by atoms with Crippen LogP contribution in [0.4, 0.5) is 5.69 Å². The van der Waals surface area contributed by atoms with E-state index in [1.165, 1.54) is 19.3 Å². The number of carbonyl (C=O) groups excluding carboxylic acids is 3. The van der Waals surface area contributed by atoms with Crippen LogP contribution >= 0.6 is 0 Å². The highest BCUT2D eigenvalue weighted by Crippen LogP contribution is 2.16. The van der Waals surface area contributed by atoms with Gasteiger partial charge in [-0.25, -0.2) is 4.79 Å². The van der Waals surface area contributed by atoms with Crippen molar-refractivity contribution in [3.8, 4) is 5.75 Å². The first kappa shape index (κ1) is 22.0. The summed E-state index contributed by atoms with van der Waals surface area (Å²) in [6.45, 7) is 7.42. The van der Waals surface area contributed by atoms with E-state index >= 15 is 0 Å². The Bertz CT molecular complexity index is 814. The van der Waals surface area contributed by atoms with Crippen molar-refractivity contribution in [2.24, 2.45) is 5.92 Å². The van der Waals surface area contributed by atoms with Gasteiger partial charge in [-0.2, -0.15) is 0 Å². The van der Waals surface area contributed by atoms with Crippen LogP contribution in [0.25, 0.3) is 0 Å². The molecule has 0 spiro atoms. The molecule has 1 aromatic carbocycles. The molecule has 29 heavy (non-hydrogen) atoms. The van der Waals surface area contributed by atoms with Gasteiger partial charge in [-0.1, -0.05) is 13.8 Å². The summed E-state index contributed by atoms with van der Waals surface area (Å²) in [7, 11) is 0. The van der Waals surface area contributed by atoms with Crippen LogP contribution in [-0.4, -0.2) is 36.5 Å². The Morgan fingerprint density at radius 1 is 1.07 bits per heavy atom. The van der Waals surface area contributed by atoms with Gasteiger partial charge in [0.15, 0.2) is 11.9 Å². The maximum absolute atomic E-state index is 12.5. The minimum atomic E-state index is -1.05. The Balaban J connectivity index is 1.93. The lowest BCUT2D eigenvalue weighted by atomic mass is 10.0. The van der Waals surface area contributed by atoms with Crippen LogP contribution in [0.2, 0.25) is 0 Å². The summed E-state index contributed by atoms with van der Waals surface area (Å²) < 4.78 is 15.6. The lowest BCUT2D eigenvalue weighted by molar-refractivity contribution is -0.156. The topological polar surface area (TPSA) is 107 Å². The molecular weight excluding hydrogens is 376 g/mol. The van der Waals surface area contributed by atoms with Crippen molar-refractivity contribution >= 4 is 23.5 Å². The van der Waals surface area contributed by atoms with Gasteiger partial charge >= 0.3 is 5.97 Å². The third kappa shape index (κ3) is 6.38. The number of nitrogens with one attached hydrogen (secondary N) is 2. The standard InChI is InChI=1S/C21H26N2O6/c1-5-27-16-10-8-15(9-11-16)22-19(24)14(4)29-21(26)18(13(2)3)23-20(25)17-7-6-12-28-17/h6-14,18H,5H2,1-4H3,(H,22,24)(H,23,25)/t14-,18+/m1/s1. The van der Waals surface area contributed by atoms with Gasteiger partial charge in [0.2, 0.25) is 0 Å². The van der Waals surface area contributed by atoms with Crippen molar-refractivity contribution in [3.05, 3.63) is 48.4 Å². The summed E-state index contributed by atoms with van der Waals surface area (Å²) in [5, 5.41) is 5.25. The lowest BCUT2D eigenvalue weighted by Crippen LogP contribution is -2.47. The van der Waals surface area contributed by atoms with Crippen LogP contribution in [0.15, 0.2) is 47.1 Å². The third-order valence-electron chi connectivity index (χ3n) is 4.05. The Kier molecular flexibility index (Phi) is 7.82. The lowest BCUT2D eigenvalue weighted by Gasteiger charge is -2.22. The van der Waals surface area contributed by atoms with Crippen molar-refractivity contribution in [1.82, 2.24) is 5.32 Å². The summed E-state index contributed by atoms with van der Waals surface area (Å²) in [5.74, 6) is -1.18. The summed E-state index contributed by atoms with van der Waals surface area (Å²) in [6.07, 6.45) is 0.320. The van der Waals surface area contributed by atoms with E-state index in [0.29, 0.717) is 18.0 Å². The second-order valence-corrected chi connectivity index (χ2v) is 6.70. The van der Waals surface area contributed by atoms with Gasteiger partial charge < -0.3 is 24.5 Å². The molecule has 8 heteroatoms. The van der Waals surface area contributed by atoms with E-state index in [4.69, 9.17) is 13.9 Å². The van der Waals surface area contributed by atoms with Gasteiger partial charge in [-0.15, -0.1) is 0 Å². The highest BCUT2D eigenvalue weighted by atomic mass is 16.5. The van der Waals surface area contributed by atoms with Gasteiger partial charge in [0, 0.05) is 5.69 Å². The average Bonchev–Trinajstić information content (AvgIpc) is 3.22. The van der Waals surface area contributed by atoms with E-state index in [9.17, 15) is 14.4 Å². The molecule has 0 saturated heterocycles. The number of ether oxygens (including phenoxy) is 2. The monoisotopic (exact) mass is 402 g/mol. The Morgan fingerprint density at radius 3 is 2.31 bits per heavy atom. The normalized spacial score (nSPS) is 12.7. The first-order chi connectivity index (χ1) is 13.8. The fourth-order valence-corrected chi connectivity index (χ4v) is 2.46. The molecule has 2 amide bonds. The van der Waals surface area contributed by atoms with E-state index in [-0.39, 0.29) is 11.7 Å². The molecule has 8 nitrogen and oxygen atoms in total. The van der Waals surface area contributed by atoms with Gasteiger partial charge in [0.1, 0.15) is 11.8 Å². The summed E-state index contributed by atoms with van der Waals surface area (Å²) >= 11 is 0. The second kappa shape index (κ2) is 10.3. The van der Waals surface area contributed by atoms with Gasteiger partial charge in [-0.3, -0.25) is 9.59 Å². The van der Waals surface area contributed by atoms with Crippen molar-refractivity contribution in [2.75, 3.05) is 11.9 Å². The predicted molar refractivity (Wildman–Crippen MR) is 107 cm³/mol. The number of carbonyl (C=O) groups is 3. The number of esters is 1. The SMILES string of the molecule is CCOc1ccc(NC(=O)[C@@H](C)OC(=O)[C@@H](NC(=O)c2ccco2)C(C)C)cc1. The quantitative estimate of drug-likeness (QED) is 0.625. The van der Waals surface area contributed by atoms with Crippen molar-refractivity contribution in [2.45, 2.75) is 39.8 Å². The number of amides is 2. The van der Waals surface area contributed by atoms with Gasteiger partial charge in [0.05, 0.1) is 12.9 Å². The molecule has 0 aliphatic heterocycles. The second-order valence-electron chi connectivity index (χ2n) is 6.70. The number of hydrogen-bond acceptors (Lipinski definition) is 6. The first-order valence-electron chi connectivity index (χ1n) is 9.40. The van der Waals surface area contributed by atoms with Gasteiger partial charge in [0.25, 0.3) is 11.8 Å². The molecule has 0 aliphatic rings. The smallest absolute Gasteiger partial charge is 0.329 e. The molecule has 0 saturated carbocycles. The Morgan fingerprint density at radius 2 is 1.76 bits per heavy atom. The Labute approximate surface area is 169 Å². The average molecular weight is 402 g/mol. The maximum atomic E-state index is 12.5. The molecule has 0 radical (unpaired) electrons. The molecule has 2 rings (SSSR count). The van der Waals surface area contributed by atoms with E-state index in [1.54, 1.807) is 44.2 Å². The molecule has 1 heterocycles. The third-order valence-corrected chi connectivity index (χ3v) is 4.05. The minimum Gasteiger partial charge on any atom is -0.494 e. The first-order valence-corrected chi connectivity index (χ1v) is 9.40. The minimum absolute atomic E-state index is 0.0877. The van der Waals surface area contributed by atoms with Crippen LogP contribution in [0.3, 0.4) is 0 Å². The fourth-order valence-electron chi connectivity index (χ4n) is 2.46.